The van der Waals surface area contributed by atoms with E-state index in [-0.39, 0.29) is 24.7 Å². The zero-order valence-electron chi connectivity index (χ0n) is 23.5. The van der Waals surface area contributed by atoms with E-state index in [1.807, 2.05) is 37.3 Å². The van der Waals surface area contributed by atoms with Crippen LogP contribution in [0.5, 0.6) is 0 Å². The minimum atomic E-state index is -1.16. The number of aliphatic imine (C=N–C) groups is 1. The highest BCUT2D eigenvalue weighted by atomic mass is 16.4. The molecule has 5 unspecified atom stereocenters. The zero-order chi connectivity index (χ0) is 30.1. The third-order valence-corrected chi connectivity index (χ3v) is 6.57. The Morgan fingerprint density at radius 1 is 0.900 bits per heavy atom. The maximum atomic E-state index is 13.5. The molecule has 1 rings (SSSR count). The maximum Gasteiger partial charge on any atom is 0.326 e. The average Bonchev–Trinajstić information content (AvgIpc) is 2.92. The number of nitrogens with zero attached hydrogens (tertiary/aromatic N) is 1. The number of hydrogen-bond donors (Lipinski definition) is 8. The molecule has 0 aliphatic carbocycles. The van der Waals surface area contributed by atoms with Crippen molar-refractivity contribution in [2.45, 2.75) is 83.0 Å². The number of carboxylic acids is 1. The van der Waals surface area contributed by atoms with Gasteiger partial charge in [0.15, 0.2) is 5.96 Å². The first-order valence-electron chi connectivity index (χ1n) is 13.7. The molecule has 0 radical (unpaired) electrons. The van der Waals surface area contributed by atoms with E-state index in [0.717, 1.165) is 5.56 Å². The van der Waals surface area contributed by atoms with E-state index >= 15 is 0 Å². The summed E-state index contributed by atoms with van der Waals surface area (Å²) in [5.74, 6) is -3.25. The number of guanidine groups is 1. The lowest BCUT2D eigenvalue weighted by molar-refractivity contribution is -0.143. The number of carbonyl (C=O) groups excluding carboxylic acids is 3. The fraction of sp³-hybridized carbons (Fsp3) is 0.593. The zero-order valence-corrected chi connectivity index (χ0v) is 23.5. The van der Waals surface area contributed by atoms with Gasteiger partial charge in [-0.15, -0.1) is 0 Å². The second-order valence-corrected chi connectivity index (χ2v) is 9.86. The molecule has 13 nitrogen and oxygen atoms in total. The number of rotatable bonds is 19. The minimum Gasteiger partial charge on any atom is -0.480 e. The lowest BCUT2D eigenvalue weighted by Crippen LogP contribution is -2.59. The first-order valence-corrected chi connectivity index (χ1v) is 13.7. The van der Waals surface area contributed by atoms with Gasteiger partial charge in [0.2, 0.25) is 17.7 Å². The first-order chi connectivity index (χ1) is 19.0. The van der Waals surface area contributed by atoms with Crippen molar-refractivity contribution in [2.75, 3.05) is 13.1 Å². The van der Waals surface area contributed by atoms with Crippen LogP contribution >= 0.6 is 0 Å². The number of unbranched alkanes of at least 4 members (excludes halogenated alkanes) is 1. The van der Waals surface area contributed by atoms with E-state index in [4.69, 9.17) is 22.9 Å². The largest absolute Gasteiger partial charge is 0.480 e. The molecule has 0 aromatic heterocycles. The molecular formula is C27H46N8O5. The second-order valence-electron chi connectivity index (χ2n) is 9.86. The molecule has 0 saturated heterocycles. The molecule has 13 heteroatoms. The number of nitrogens with two attached hydrogens (primary N) is 4. The highest BCUT2D eigenvalue weighted by molar-refractivity contribution is 5.94. The molecule has 0 fully saturated rings. The highest BCUT2D eigenvalue weighted by Gasteiger charge is 2.32. The normalized spacial score (nSPS) is 14.6. The van der Waals surface area contributed by atoms with Gasteiger partial charge < -0.3 is 44.0 Å². The summed E-state index contributed by atoms with van der Waals surface area (Å²) in [7, 11) is 0. The van der Waals surface area contributed by atoms with Gasteiger partial charge in [0.05, 0.1) is 6.04 Å². The van der Waals surface area contributed by atoms with Crippen LogP contribution < -0.4 is 38.9 Å². The molecule has 0 heterocycles. The quantitative estimate of drug-likeness (QED) is 0.0604. The summed E-state index contributed by atoms with van der Waals surface area (Å²) in [4.78, 5) is 55.1. The average molecular weight is 563 g/mol. The monoisotopic (exact) mass is 562 g/mol. The van der Waals surface area contributed by atoms with E-state index in [1.54, 1.807) is 6.92 Å². The molecule has 12 N–H and O–H groups in total. The summed E-state index contributed by atoms with van der Waals surface area (Å²) >= 11 is 0. The van der Waals surface area contributed by atoms with E-state index in [9.17, 15) is 24.3 Å². The lowest BCUT2D eigenvalue weighted by Gasteiger charge is -2.28. The smallest absolute Gasteiger partial charge is 0.326 e. The SMILES string of the molecule is CCC(C)C(NC(=O)C(Cc1ccccc1)NC(=O)C(N)CCCN=C(N)N)C(=O)NC(CCCCN)C(=O)O. The van der Waals surface area contributed by atoms with Gasteiger partial charge in [0, 0.05) is 13.0 Å². The Kier molecular flexibility index (Phi) is 15.9. The molecule has 0 aliphatic heterocycles. The van der Waals surface area contributed by atoms with Crippen molar-refractivity contribution in [3.8, 4) is 0 Å². The van der Waals surface area contributed by atoms with Gasteiger partial charge >= 0.3 is 5.97 Å². The molecule has 0 saturated carbocycles. The predicted octanol–water partition coefficient (Wildman–Crippen LogP) is -0.676. The molecule has 5 atom stereocenters. The van der Waals surface area contributed by atoms with Gasteiger partial charge in [-0.25, -0.2) is 4.79 Å². The topological polar surface area (TPSA) is 241 Å². The van der Waals surface area contributed by atoms with Gasteiger partial charge in [-0.05, 0) is 50.1 Å². The molecular weight excluding hydrogens is 516 g/mol. The van der Waals surface area contributed by atoms with Crippen LogP contribution in [0.1, 0.15) is 57.9 Å². The van der Waals surface area contributed by atoms with E-state index in [0.29, 0.717) is 45.2 Å². The Bertz CT molecular complexity index is 971. The molecule has 224 valence electrons. The first kappa shape index (κ1) is 34.3. The molecule has 3 amide bonds. The number of amides is 3. The van der Waals surface area contributed by atoms with Crippen LogP contribution in [-0.4, -0.2) is 72.0 Å². The predicted molar refractivity (Wildman–Crippen MR) is 154 cm³/mol. The minimum absolute atomic E-state index is 0.0530. The van der Waals surface area contributed by atoms with E-state index in [1.165, 1.54) is 0 Å². The van der Waals surface area contributed by atoms with Crippen molar-refractivity contribution in [3.05, 3.63) is 35.9 Å². The summed E-state index contributed by atoms with van der Waals surface area (Å²) in [6, 6.07) is 5.03. The van der Waals surface area contributed by atoms with Gasteiger partial charge in [-0.3, -0.25) is 19.4 Å². The fourth-order valence-corrected chi connectivity index (χ4v) is 3.96. The lowest BCUT2D eigenvalue weighted by atomic mass is 9.96. The van der Waals surface area contributed by atoms with Crippen molar-refractivity contribution in [1.82, 2.24) is 16.0 Å². The van der Waals surface area contributed by atoms with Crippen molar-refractivity contribution in [1.29, 1.82) is 0 Å². The van der Waals surface area contributed by atoms with Crippen molar-refractivity contribution in [3.63, 3.8) is 0 Å². The molecule has 0 aliphatic rings. The van der Waals surface area contributed by atoms with Crippen molar-refractivity contribution >= 4 is 29.7 Å². The molecule has 1 aromatic carbocycles. The van der Waals surface area contributed by atoms with Crippen LogP contribution in [0.2, 0.25) is 0 Å². The Morgan fingerprint density at radius 3 is 2.12 bits per heavy atom. The summed E-state index contributed by atoms with van der Waals surface area (Å²) < 4.78 is 0. The Balaban J connectivity index is 3.05. The number of hydrogen-bond acceptors (Lipinski definition) is 7. The van der Waals surface area contributed by atoms with Gasteiger partial charge in [0.25, 0.3) is 0 Å². The highest BCUT2D eigenvalue weighted by Crippen LogP contribution is 2.12. The molecule has 0 spiro atoms. The van der Waals surface area contributed by atoms with Crippen LogP contribution in [0.15, 0.2) is 35.3 Å². The van der Waals surface area contributed by atoms with Crippen molar-refractivity contribution in [2.24, 2.45) is 33.8 Å². The molecule has 40 heavy (non-hydrogen) atoms. The van der Waals surface area contributed by atoms with Crippen LogP contribution in [-0.2, 0) is 25.6 Å². The number of benzene rings is 1. The van der Waals surface area contributed by atoms with Gasteiger partial charge in [0.1, 0.15) is 18.1 Å². The Hall–Kier alpha value is -3.71. The van der Waals surface area contributed by atoms with Gasteiger partial charge in [-0.1, -0.05) is 50.6 Å². The third-order valence-electron chi connectivity index (χ3n) is 6.57. The number of nitrogens with one attached hydrogen (secondary N) is 3. The third kappa shape index (κ3) is 12.9. The number of carbonyl (C=O) groups is 4. The summed E-state index contributed by atoms with van der Waals surface area (Å²) in [6.45, 7) is 4.37. The summed E-state index contributed by atoms with van der Waals surface area (Å²) in [6.07, 6.45) is 2.83. The van der Waals surface area contributed by atoms with Crippen LogP contribution in [0, 0.1) is 5.92 Å². The van der Waals surface area contributed by atoms with Crippen molar-refractivity contribution < 1.29 is 24.3 Å². The second kappa shape index (κ2) is 18.6. The number of carboxylic acid groups (broad SMARTS) is 1. The van der Waals surface area contributed by atoms with E-state index < -0.39 is 47.9 Å². The van der Waals surface area contributed by atoms with Crippen LogP contribution in [0.4, 0.5) is 0 Å². The van der Waals surface area contributed by atoms with E-state index in [2.05, 4.69) is 20.9 Å². The van der Waals surface area contributed by atoms with Crippen LogP contribution in [0.25, 0.3) is 0 Å². The summed E-state index contributed by atoms with van der Waals surface area (Å²) in [5, 5.41) is 17.6. The molecule has 1 aromatic rings. The number of aliphatic carboxylic acids is 1. The van der Waals surface area contributed by atoms with Gasteiger partial charge in [-0.2, -0.15) is 0 Å². The standard InChI is InChI=1S/C27H46N8O5/c1-3-17(2)22(25(38)33-20(26(39)40)13-7-8-14-28)35-24(37)21(16-18-10-5-4-6-11-18)34-23(36)19(29)12-9-15-32-27(30)31/h4-6,10-11,17,19-22H,3,7-9,12-16,28-29H2,1-2H3,(H,33,38)(H,34,36)(H,35,37)(H,39,40)(H4,30,31,32). The Labute approximate surface area is 235 Å². The fourth-order valence-electron chi connectivity index (χ4n) is 3.96. The summed E-state index contributed by atoms with van der Waals surface area (Å²) in [5.41, 5.74) is 23.0. The Morgan fingerprint density at radius 2 is 1.55 bits per heavy atom. The van der Waals surface area contributed by atoms with Crippen LogP contribution in [0.3, 0.4) is 0 Å². The maximum absolute atomic E-state index is 13.5. The molecule has 0 bridgehead atoms.